The Hall–Kier alpha value is -3.39. The van der Waals surface area contributed by atoms with E-state index >= 15 is 0 Å². The van der Waals surface area contributed by atoms with Crippen molar-refractivity contribution < 1.29 is 9.47 Å². The molecule has 3 aromatic rings. The third kappa shape index (κ3) is 5.38. The molecule has 0 aliphatic carbocycles. The molecular weight excluding hydrogens is 452 g/mol. The summed E-state index contributed by atoms with van der Waals surface area (Å²) in [7, 11) is 0. The third-order valence-electron chi connectivity index (χ3n) is 6.70. The molecule has 2 aliphatic rings. The number of nitrogens with zero attached hydrogens (tertiary/aromatic N) is 6. The molecule has 0 amide bonds. The van der Waals surface area contributed by atoms with Gasteiger partial charge in [-0.15, -0.1) is 0 Å². The first-order chi connectivity index (χ1) is 17.5. The SMILES string of the molecule is Cc1cccnc1N1CCN(c2cc(-c3cccc(OC(C)C)c3)nc(N3CCOCC3)n2)[C@H](C)C1. The highest BCUT2D eigenvalue weighted by molar-refractivity contribution is 5.67. The van der Waals surface area contributed by atoms with Crippen LogP contribution in [0, 0.1) is 6.92 Å². The van der Waals surface area contributed by atoms with Gasteiger partial charge in [0.25, 0.3) is 0 Å². The second kappa shape index (κ2) is 10.7. The summed E-state index contributed by atoms with van der Waals surface area (Å²) in [6.45, 7) is 14.1. The van der Waals surface area contributed by atoms with Crippen LogP contribution in [0.4, 0.5) is 17.6 Å². The van der Waals surface area contributed by atoms with Gasteiger partial charge in [0.15, 0.2) is 0 Å². The monoisotopic (exact) mass is 488 g/mol. The number of hydrogen-bond donors (Lipinski definition) is 0. The van der Waals surface area contributed by atoms with Crippen molar-refractivity contribution in [3.05, 3.63) is 54.2 Å². The lowest BCUT2D eigenvalue weighted by Gasteiger charge is -2.41. The molecule has 1 atom stereocenters. The van der Waals surface area contributed by atoms with Crippen LogP contribution in [0.2, 0.25) is 0 Å². The molecule has 0 bridgehead atoms. The number of piperazine rings is 1. The number of rotatable bonds is 6. The molecular formula is C28H36N6O2. The highest BCUT2D eigenvalue weighted by Crippen LogP contribution is 2.30. The van der Waals surface area contributed by atoms with Gasteiger partial charge in [-0.25, -0.2) is 9.97 Å². The minimum Gasteiger partial charge on any atom is -0.491 e. The molecule has 36 heavy (non-hydrogen) atoms. The molecule has 0 saturated carbocycles. The van der Waals surface area contributed by atoms with E-state index in [4.69, 9.17) is 19.4 Å². The minimum absolute atomic E-state index is 0.116. The standard InChI is InChI=1S/C28H36N6O2/c1-20(2)36-24-9-5-8-23(17-24)25-18-26(31-28(30-25)32-13-15-35-16-14-32)34-12-11-33(19-22(34)4)27-21(3)7-6-10-29-27/h5-10,17-18,20,22H,11-16,19H2,1-4H3/t22-/m1/s1. The maximum Gasteiger partial charge on any atom is 0.228 e. The Balaban J connectivity index is 1.46. The summed E-state index contributed by atoms with van der Waals surface area (Å²) < 4.78 is 11.5. The zero-order valence-electron chi connectivity index (χ0n) is 21.7. The predicted octanol–water partition coefficient (Wildman–Crippen LogP) is 4.19. The second-order valence-corrected chi connectivity index (χ2v) is 9.84. The Labute approximate surface area is 213 Å². The highest BCUT2D eigenvalue weighted by atomic mass is 16.5. The van der Waals surface area contributed by atoms with Crippen LogP contribution < -0.4 is 19.4 Å². The molecule has 8 heteroatoms. The van der Waals surface area contributed by atoms with Crippen molar-refractivity contribution in [3.8, 4) is 17.0 Å². The summed E-state index contributed by atoms with van der Waals surface area (Å²) in [6, 6.07) is 14.7. The molecule has 4 heterocycles. The summed E-state index contributed by atoms with van der Waals surface area (Å²) in [6.07, 6.45) is 1.99. The molecule has 2 fully saturated rings. The Kier molecular flexibility index (Phi) is 7.23. The van der Waals surface area contributed by atoms with E-state index < -0.39 is 0 Å². The number of hydrogen-bond acceptors (Lipinski definition) is 8. The molecule has 2 aromatic heterocycles. The average molecular weight is 489 g/mol. The van der Waals surface area contributed by atoms with Crippen molar-refractivity contribution in [2.75, 3.05) is 60.6 Å². The Morgan fingerprint density at radius 2 is 1.81 bits per heavy atom. The number of ether oxygens (including phenoxy) is 2. The molecule has 8 nitrogen and oxygen atoms in total. The van der Waals surface area contributed by atoms with Crippen LogP contribution in [0.5, 0.6) is 5.75 Å². The second-order valence-electron chi connectivity index (χ2n) is 9.84. The van der Waals surface area contributed by atoms with Gasteiger partial charge >= 0.3 is 0 Å². The Morgan fingerprint density at radius 1 is 0.972 bits per heavy atom. The van der Waals surface area contributed by atoms with Gasteiger partial charge in [0.2, 0.25) is 5.95 Å². The molecule has 5 rings (SSSR count). The van der Waals surface area contributed by atoms with Gasteiger partial charge in [-0.05, 0) is 51.5 Å². The fraction of sp³-hybridized carbons (Fsp3) is 0.464. The number of aromatic nitrogens is 3. The van der Waals surface area contributed by atoms with Crippen LogP contribution in [0.15, 0.2) is 48.7 Å². The van der Waals surface area contributed by atoms with Crippen molar-refractivity contribution >= 4 is 17.6 Å². The van der Waals surface area contributed by atoms with Gasteiger partial charge in [-0.2, -0.15) is 4.98 Å². The summed E-state index contributed by atoms with van der Waals surface area (Å²) in [5.74, 6) is 3.64. The van der Waals surface area contributed by atoms with Crippen LogP contribution >= 0.6 is 0 Å². The van der Waals surface area contributed by atoms with Crippen LogP contribution in [0.3, 0.4) is 0 Å². The molecule has 0 N–H and O–H groups in total. The van der Waals surface area contributed by atoms with Crippen molar-refractivity contribution in [3.63, 3.8) is 0 Å². The maximum atomic E-state index is 5.96. The molecule has 2 saturated heterocycles. The van der Waals surface area contributed by atoms with Gasteiger partial charge in [0.1, 0.15) is 17.4 Å². The van der Waals surface area contributed by atoms with Crippen LogP contribution in [0.1, 0.15) is 26.3 Å². The van der Waals surface area contributed by atoms with Crippen LogP contribution in [0.25, 0.3) is 11.3 Å². The fourth-order valence-corrected chi connectivity index (χ4v) is 4.92. The lowest BCUT2D eigenvalue weighted by molar-refractivity contribution is 0.122. The summed E-state index contributed by atoms with van der Waals surface area (Å²) in [4.78, 5) is 21.7. The predicted molar refractivity (Wildman–Crippen MR) is 144 cm³/mol. The maximum absolute atomic E-state index is 5.96. The van der Waals surface area contributed by atoms with E-state index in [1.807, 2.05) is 38.2 Å². The Bertz CT molecular complexity index is 1180. The number of morpholine rings is 1. The smallest absolute Gasteiger partial charge is 0.228 e. The van der Waals surface area contributed by atoms with Crippen molar-refractivity contribution in [1.29, 1.82) is 0 Å². The van der Waals surface area contributed by atoms with E-state index in [1.54, 1.807) is 0 Å². The zero-order valence-corrected chi connectivity index (χ0v) is 21.7. The lowest BCUT2D eigenvalue weighted by atomic mass is 10.1. The van der Waals surface area contributed by atoms with E-state index in [-0.39, 0.29) is 12.1 Å². The topological polar surface area (TPSA) is 66.9 Å². The Morgan fingerprint density at radius 3 is 2.56 bits per heavy atom. The first kappa shape index (κ1) is 24.3. The van der Waals surface area contributed by atoms with E-state index in [2.05, 4.69) is 57.8 Å². The van der Waals surface area contributed by atoms with Crippen molar-refractivity contribution in [2.24, 2.45) is 0 Å². The molecule has 0 spiro atoms. The minimum atomic E-state index is 0.116. The molecule has 190 valence electrons. The fourth-order valence-electron chi connectivity index (χ4n) is 4.92. The molecule has 0 unspecified atom stereocenters. The first-order valence-electron chi connectivity index (χ1n) is 12.9. The van der Waals surface area contributed by atoms with Gasteiger partial charge in [0.05, 0.1) is 25.0 Å². The van der Waals surface area contributed by atoms with Crippen molar-refractivity contribution in [2.45, 2.75) is 39.8 Å². The highest BCUT2D eigenvalue weighted by Gasteiger charge is 2.28. The van der Waals surface area contributed by atoms with E-state index in [0.29, 0.717) is 13.2 Å². The number of aryl methyl sites for hydroxylation is 1. The van der Waals surface area contributed by atoms with Crippen LogP contribution in [-0.4, -0.2) is 73.0 Å². The molecule has 0 radical (unpaired) electrons. The number of anilines is 3. The van der Waals surface area contributed by atoms with Gasteiger partial charge in [-0.3, -0.25) is 0 Å². The summed E-state index contributed by atoms with van der Waals surface area (Å²) in [5.41, 5.74) is 3.15. The molecule has 2 aliphatic heterocycles. The summed E-state index contributed by atoms with van der Waals surface area (Å²) >= 11 is 0. The zero-order chi connectivity index (χ0) is 25.1. The average Bonchev–Trinajstić information content (AvgIpc) is 2.89. The first-order valence-corrected chi connectivity index (χ1v) is 12.9. The summed E-state index contributed by atoms with van der Waals surface area (Å²) in [5, 5.41) is 0. The van der Waals surface area contributed by atoms with Crippen molar-refractivity contribution in [1.82, 2.24) is 15.0 Å². The van der Waals surface area contributed by atoms with E-state index in [0.717, 1.165) is 67.3 Å². The molecule has 1 aromatic carbocycles. The third-order valence-corrected chi connectivity index (χ3v) is 6.70. The number of pyridine rings is 1. The van der Waals surface area contributed by atoms with E-state index in [9.17, 15) is 0 Å². The quantitative estimate of drug-likeness (QED) is 0.512. The number of benzene rings is 1. The van der Waals surface area contributed by atoms with Gasteiger partial charge < -0.3 is 24.2 Å². The van der Waals surface area contributed by atoms with E-state index in [1.165, 1.54) is 5.56 Å². The lowest BCUT2D eigenvalue weighted by Crippen LogP contribution is -2.53. The van der Waals surface area contributed by atoms with Gasteiger partial charge in [-0.1, -0.05) is 18.2 Å². The van der Waals surface area contributed by atoms with Gasteiger partial charge in [0, 0.05) is 56.6 Å². The van der Waals surface area contributed by atoms with Crippen LogP contribution in [-0.2, 0) is 4.74 Å². The largest absolute Gasteiger partial charge is 0.491 e. The normalized spacial score (nSPS) is 18.6.